The van der Waals surface area contributed by atoms with E-state index in [4.69, 9.17) is 16.0 Å². The molecule has 0 saturated heterocycles. The summed E-state index contributed by atoms with van der Waals surface area (Å²) in [5.74, 6) is -1.57. The standard InChI is InChI=1S/C29H36ClF2NO3SSi/c1-21(26-12-8-7-10-22(26)11-9-19-36-38(5,6)29(2,3)4)33(28-20-24(31)15-18-27(28)32)37(34,35)25-16-13-23(30)14-17-25/h7-8,10,12-18,20-21H,9,11,19H2,1-6H3/t21-/m1/s1. The second kappa shape index (κ2) is 11.9. The van der Waals surface area contributed by atoms with Gasteiger partial charge in [-0.3, -0.25) is 4.31 Å². The van der Waals surface area contributed by atoms with Gasteiger partial charge in [0, 0.05) is 17.7 Å². The highest BCUT2D eigenvalue weighted by atomic mass is 35.5. The molecule has 0 fully saturated rings. The normalized spacial score (nSPS) is 13.4. The second-order valence-corrected chi connectivity index (χ2v) is 18.0. The molecule has 206 valence electrons. The van der Waals surface area contributed by atoms with E-state index in [9.17, 15) is 12.8 Å². The third-order valence-corrected chi connectivity index (χ3v) is 13.9. The smallest absolute Gasteiger partial charge is 0.264 e. The Labute approximate surface area is 231 Å². The summed E-state index contributed by atoms with van der Waals surface area (Å²) in [7, 11) is -6.18. The van der Waals surface area contributed by atoms with E-state index in [1.165, 1.54) is 24.3 Å². The van der Waals surface area contributed by atoms with Gasteiger partial charge in [0.15, 0.2) is 8.32 Å². The van der Waals surface area contributed by atoms with E-state index < -0.39 is 36.0 Å². The quantitative estimate of drug-likeness (QED) is 0.179. The Hall–Kier alpha value is -2.26. The molecular formula is C29H36ClF2NO3SSi. The van der Waals surface area contributed by atoms with Crippen molar-refractivity contribution in [1.82, 2.24) is 0 Å². The molecule has 0 unspecified atom stereocenters. The van der Waals surface area contributed by atoms with E-state index in [1.54, 1.807) is 6.92 Å². The van der Waals surface area contributed by atoms with Gasteiger partial charge in [0.25, 0.3) is 10.0 Å². The molecule has 0 spiro atoms. The van der Waals surface area contributed by atoms with Crippen LogP contribution in [0, 0.1) is 11.6 Å². The van der Waals surface area contributed by atoms with E-state index >= 15 is 4.39 Å². The predicted octanol–water partition coefficient (Wildman–Crippen LogP) is 8.53. The van der Waals surface area contributed by atoms with Gasteiger partial charge in [-0.25, -0.2) is 17.2 Å². The second-order valence-electron chi connectivity index (χ2n) is 10.9. The van der Waals surface area contributed by atoms with Crippen LogP contribution >= 0.6 is 11.6 Å². The summed E-state index contributed by atoms with van der Waals surface area (Å²) in [4.78, 5) is -0.0716. The molecule has 0 heterocycles. The Kier molecular flexibility index (Phi) is 9.45. The minimum atomic E-state index is -4.29. The van der Waals surface area contributed by atoms with Crippen LogP contribution in [0.5, 0.6) is 0 Å². The van der Waals surface area contributed by atoms with Crippen LogP contribution in [-0.4, -0.2) is 23.3 Å². The van der Waals surface area contributed by atoms with E-state index in [-0.39, 0.29) is 15.6 Å². The first-order chi connectivity index (χ1) is 17.6. The maximum absolute atomic E-state index is 15.1. The molecule has 1 atom stereocenters. The molecule has 38 heavy (non-hydrogen) atoms. The maximum Gasteiger partial charge on any atom is 0.264 e. The first-order valence-electron chi connectivity index (χ1n) is 12.6. The van der Waals surface area contributed by atoms with Gasteiger partial charge in [-0.15, -0.1) is 0 Å². The third kappa shape index (κ3) is 6.83. The first kappa shape index (κ1) is 30.3. The summed E-state index contributed by atoms with van der Waals surface area (Å²) in [5, 5.41) is 0.469. The van der Waals surface area contributed by atoms with Crippen LogP contribution in [0.1, 0.15) is 51.3 Å². The van der Waals surface area contributed by atoms with Gasteiger partial charge in [-0.2, -0.15) is 0 Å². The van der Waals surface area contributed by atoms with Crippen molar-refractivity contribution in [1.29, 1.82) is 0 Å². The molecule has 0 radical (unpaired) electrons. The van der Waals surface area contributed by atoms with Crippen LogP contribution in [0.25, 0.3) is 0 Å². The summed E-state index contributed by atoms with van der Waals surface area (Å²) in [6.45, 7) is 13.3. The Morgan fingerprint density at radius 3 is 2.26 bits per heavy atom. The SMILES string of the molecule is C[C@H](c1ccccc1CCCO[Si](C)(C)C(C)(C)C)N(c1cc(F)ccc1F)S(=O)(=O)c1ccc(Cl)cc1. The number of hydrogen-bond acceptors (Lipinski definition) is 3. The Morgan fingerprint density at radius 1 is 1.00 bits per heavy atom. The summed E-state index contributed by atoms with van der Waals surface area (Å²) in [6.07, 6.45) is 1.39. The highest BCUT2D eigenvalue weighted by Crippen LogP contribution is 2.38. The number of hydrogen-bond donors (Lipinski definition) is 0. The lowest BCUT2D eigenvalue weighted by Crippen LogP contribution is -2.41. The van der Waals surface area contributed by atoms with Gasteiger partial charge < -0.3 is 4.43 Å². The van der Waals surface area contributed by atoms with Crippen molar-refractivity contribution < 1.29 is 21.6 Å². The van der Waals surface area contributed by atoms with Crippen molar-refractivity contribution in [3.8, 4) is 0 Å². The molecule has 9 heteroatoms. The third-order valence-electron chi connectivity index (χ3n) is 7.23. The molecule has 0 aromatic heterocycles. The number of nitrogens with zero attached hydrogens (tertiary/aromatic N) is 1. The number of sulfonamides is 1. The Balaban J connectivity index is 1.98. The topological polar surface area (TPSA) is 46.6 Å². The lowest BCUT2D eigenvalue weighted by Gasteiger charge is -2.36. The molecule has 0 aliphatic rings. The van der Waals surface area contributed by atoms with Crippen LogP contribution in [-0.2, 0) is 20.9 Å². The molecule has 0 aliphatic heterocycles. The maximum atomic E-state index is 15.1. The zero-order valence-electron chi connectivity index (χ0n) is 22.8. The molecular weight excluding hydrogens is 544 g/mol. The molecule has 0 aliphatic carbocycles. The highest BCUT2D eigenvalue weighted by Gasteiger charge is 2.37. The largest absolute Gasteiger partial charge is 0.417 e. The number of aryl methyl sites for hydroxylation is 1. The average Bonchev–Trinajstić information content (AvgIpc) is 2.84. The predicted molar refractivity (Wildman–Crippen MR) is 154 cm³/mol. The monoisotopic (exact) mass is 579 g/mol. The average molecular weight is 580 g/mol. The fourth-order valence-electron chi connectivity index (χ4n) is 4.02. The van der Waals surface area contributed by atoms with Crippen molar-refractivity contribution in [2.75, 3.05) is 10.9 Å². The molecule has 3 rings (SSSR count). The van der Waals surface area contributed by atoms with Crippen molar-refractivity contribution >= 4 is 35.6 Å². The molecule has 0 bridgehead atoms. The lowest BCUT2D eigenvalue weighted by atomic mass is 9.97. The number of rotatable bonds is 10. The minimum Gasteiger partial charge on any atom is -0.417 e. The summed E-state index contributed by atoms with van der Waals surface area (Å²) < 4.78 is 64.3. The fraction of sp³-hybridized carbons (Fsp3) is 0.379. The van der Waals surface area contributed by atoms with Gasteiger partial charge in [0.1, 0.15) is 11.6 Å². The van der Waals surface area contributed by atoms with E-state index in [0.29, 0.717) is 23.6 Å². The van der Waals surface area contributed by atoms with Crippen molar-refractivity contribution in [2.24, 2.45) is 0 Å². The van der Waals surface area contributed by atoms with Crippen LogP contribution in [0.15, 0.2) is 71.6 Å². The summed E-state index contributed by atoms with van der Waals surface area (Å²) >= 11 is 5.97. The van der Waals surface area contributed by atoms with E-state index in [2.05, 4.69) is 33.9 Å². The molecule has 0 amide bonds. The molecule has 3 aromatic rings. The van der Waals surface area contributed by atoms with Gasteiger partial charge in [-0.05, 0) is 85.4 Å². The lowest BCUT2D eigenvalue weighted by molar-refractivity contribution is 0.282. The zero-order chi connectivity index (χ0) is 28.3. The summed E-state index contributed by atoms with van der Waals surface area (Å²) in [6, 6.07) is 15.1. The fourth-order valence-corrected chi connectivity index (χ4v) is 6.87. The minimum absolute atomic E-state index is 0.0716. The summed E-state index contributed by atoms with van der Waals surface area (Å²) in [5.41, 5.74) is 1.27. The number of benzene rings is 3. The van der Waals surface area contributed by atoms with Crippen molar-refractivity contribution in [3.05, 3.63) is 94.5 Å². The van der Waals surface area contributed by atoms with E-state index in [1.807, 2.05) is 24.3 Å². The number of anilines is 1. The Bertz CT molecular complexity index is 1360. The van der Waals surface area contributed by atoms with Crippen LogP contribution in [0.3, 0.4) is 0 Å². The van der Waals surface area contributed by atoms with Gasteiger partial charge >= 0.3 is 0 Å². The molecule has 3 aromatic carbocycles. The molecule has 4 nitrogen and oxygen atoms in total. The first-order valence-corrected chi connectivity index (χ1v) is 17.3. The van der Waals surface area contributed by atoms with E-state index in [0.717, 1.165) is 34.5 Å². The van der Waals surface area contributed by atoms with Gasteiger partial charge in [-0.1, -0.05) is 56.6 Å². The van der Waals surface area contributed by atoms with Gasteiger partial charge in [0.05, 0.1) is 16.6 Å². The van der Waals surface area contributed by atoms with Crippen molar-refractivity contribution in [3.63, 3.8) is 0 Å². The van der Waals surface area contributed by atoms with Crippen LogP contribution in [0.2, 0.25) is 23.2 Å². The Morgan fingerprint density at radius 2 is 1.63 bits per heavy atom. The number of halogens is 3. The van der Waals surface area contributed by atoms with Crippen LogP contribution < -0.4 is 4.31 Å². The zero-order valence-corrected chi connectivity index (χ0v) is 25.3. The van der Waals surface area contributed by atoms with Crippen LogP contribution in [0.4, 0.5) is 14.5 Å². The van der Waals surface area contributed by atoms with Gasteiger partial charge in [0.2, 0.25) is 0 Å². The molecule has 0 N–H and O–H groups in total. The molecule has 0 saturated carbocycles. The van der Waals surface area contributed by atoms with Crippen molar-refractivity contribution in [2.45, 2.75) is 69.6 Å². The highest BCUT2D eigenvalue weighted by molar-refractivity contribution is 7.92.